The van der Waals surface area contributed by atoms with Gasteiger partial charge >= 0.3 is 0 Å². The zero-order valence-electron chi connectivity index (χ0n) is 9.94. The van der Waals surface area contributed by atoms with Crippen molar-refractivity contribution in [3.8, 4) is 10.6 Å². The first-order chi connectivity index (χ1) is 8.70. The third-order valence-corrected chi connectivity index (χ3v) is 3.63. The second kappa shape index (κ2) is 5.98. The number of benzene rings is 1. The first-order valence-electron chi connectivity index (χ1n) is 5.66. The van der Waals surface area contributed by atoms with E-state index in [2.05, 4.69) is 10.3 Å². The molecule has 1 aromatic carbocycles. The second-order valence-corrected chi connectivity index (χ2v) is 5.02. The molecule has 1 heterocycles. The molecule has 0 aliphatic rings. The number of carbonyl (C=O) groups excluding carboxylic acids is 1. The molecule has 0 bridgehead atoms. The van der Waals surface area contributed by atoms with Crippen molar-refractivity contribution in [3.63, 3.8) is 0 Å². The standard InChI is InChI=1S/C13H13ClN2OS/c1-2-15-12(17)7-9-8-18-13(16-9)10-5-3-4-6-11(10)14/h3-6,8H,2,7H2,1H3,(H,15,17). The Kier molecular flexibility index (Phi) is 4.33. The van der Waals surface area contributed by atoms with Crippen LogP contribution in [0.3, 0.4) is 0 Å². The second-order valence-electron chi connectivity index (χ2n) is 3.75. The zero-order valence-corrected chi connectivity index (χ0v) is 11.5. The van der Waals surface area contributed by atoms with Gasteiger partial charge in [-0.3, -0.25) is 4.79 Å². The lowest BCUT2D eigenvalue weighted by Crippen LogP contribution is -2.24. The third kappa shape index (κ3) is 3.09. The van der Waals surface area contributed by atoms with Crippen molar-refractivity contribution in [3.05, 3.63) is 40.4 Å². The number of thiazole rings is 1. The molecule has 18 heavy (non-hydrogen) atoms. The minimum Gasteiger partial charge on any atom is -0.356 e. The molecule has 2 rings (SSSR count). The molecule has 0 aliphatic heterocycles. The predicted molar refractivity (Wildman–Crippen MR) is 74.9 cm³/mol. The average Bonchev–Trinajstić information content (AvgIpc) is 2.78. The molecule has 1 aromatic heterocycles. The number of hydrogen-bond donors (Lipinski definition) is 1. The minimum absolute atomic E-state index is 0.00601. The lowest BCUT2D eigenvalue weighted by molar-refractivity contribution is -0.120. The molecule has 0 unspecified atom stereocenters. The van der Waals surface area contributed by atoms with Gasteiger partial charge in [0.2, 0.25) is 5.91 Å². The van der Waals surface area contributed by atoms with Crippen LogP contribution in [0.4, 0.5) is 0 Å². The van der Waals surface area contributed by atoms with Crippen molar-refractivity contribution in [1.82, 2.24) is 10.3 Å². The molecule has 0 atom stereocenters. The van der Waals surface area contributed by atoms with E-state index in [1.165, 1.54) is 11.3 Å². The number of likely N-dealkylation sites (N-methyl/N-ethyl adjacent to an activating group) is 1. The minimum atomic E-state index is -0.00601. The summed E-state index contributed by atoms with van der Waals surface area (Å²) >= 11 is 7.61. The summed E-state index contributed by atoms with van der Waals surface area (Å²) < 4.78 is 0. The Morgan fingerprint density at radius 2 is 2.22 bits per heavy atom. The molecule has 5 heteroatoms. The van der Waals surface area contributed by atoms with Crippen LogP contribution in [0.15, 0.2) is 29.6 Å². The number of hydrogen-bond acceptors (Lipinski definition) is 3. The summed E-state index contributed by atoms with van der Waals surface area (Å²) in [5, 5.41) is 6.18. The van der Waals surface area contributed by atoms with Crippen molar-refractivity contribution in [1.29, 1.82) is 0 Å². The third-order valence-electron chi connectivity index (χ3n) is 2.37. The molecule has 1 amide bonds. The van der Waals surface area contributed by atoms with Crippen LogP contribution in [0, 0.1) is 0 Å². The van der Waals surface area contributed by atoms with Gasteiger partial charge in [0.25, 0.3) is 0 Å². The van der Waals surface area contributed by atoms with Crippen molar-refractivity contribution in [2.45, 2.75) is 13.3 Å². The van der Waals surface area contributed by atoms with Crippen LogP contribution in [0.2, 0.25) is 5.02 Å². The maximum atomic E-state index is 11.5. The summed E-state index contributed by atoms with van der Waals surface area (Å²) in [5.74, 6) is -0.00601. The van der Waals surface area contributed by atoms with Crippen molar-refractivity contribution < 1.29 is 4.79 Å². The van der Waals surface area contributed by atoms with Gasteiger partial charge in [-0.2, -0.15) is 0 Å². The number of aromatic nitrogens is 1. The highest BCUT2D eigenvalue weighted by Gasteiger charge is 2.10. The van der Waals surface area contributed by atoms with Crippen LogP contribution in [0.1, 0.15) is 12.6 Å². The number of halogens is 1. The normalized spacial score (nSPS) is 10.3. The summed E-state index contributed by atoms with van der Waals surface area (Å²) in [4.78, 5) is 15.9. The van der Waals surface area contributed by atoms with E-state index in [0.29, 0.717) is 18.0 Å². The molecule has 0 saturated carbocycles. The molecule has 3 nitrogen and oxygen atoms in total. The first kappa shape index (κ1) is 13.1. The van der Waals surface area contributed by atoms with E-state index < -0.39 is 0 Å². The van der Waals surface area contributed by atoms with E-state index in [1.807, 2.05) is 36.6 Å². The average molecular weight is 281 g/mol. The van der Waals surface area contributed by atoms with E-state index in [9.17, 15) is 4.79 Å². The SMILES string of the molecule is CCNC(=O)Cc1csc(-c2ccccc2Cl)n1. The summed E-state index contributed by atoms with van der Waals surface area (Å²) in [6.45, 7) is 2.54. The zero-order chi connectivity index (χ0) is 13.0. The number of rotatable bonds is 4. The Balaban J connectivity index is 2.16. The highest BCUT2D eigenvalue weighted by molar-refractivity contribution is 7.13. The lowest BCUT2D eigenvalue weighted by Gasteiger charge is -1.99. The Morgan fingerprint density at radius 1 is 1.44 bits per heavy atom. The van der Waals surface area contributed by atoms with Crippen LogP contribution < -0.4 is 5.32 Å². The lowest BCUT2D eigenvalue weighted by atomic mass is 10.2. The maximum Gasteiger partial charge on any atom is 0.226 e. The number of amides is 1. The van der Waals surface area contributed by atoms with Crippen molar-refractivity contribution in [2.75, 3.05) is 6.54 Å². The first-order valence-corrected chi connectivity index (χ1v) is 6.92. The number of nitrogens with one attached hydrogen (secondary N) is 1. The Labute approximate surface area is 115 Å². The van der Waals surface area contributed by atoms with E-state index in [1.54, 1.807) is 0 Å². The van der Waals surface area contributed by atoms with Crippen LogP contribution in [0.25, 0.3) is 10.6 Å². The molecule has 0 radical (unpaired) electrons. The largest absolute Gasteiger partial charge is 0.356 e. The van der Waals surface area contributed by atoms with Crippen LogP contribution >= 0.6 is 22.9 Å². The Bertz CT molecular complexity index is 553. The van der Waals surface area contributed by atoms with Crippen molar-refractivity contribution >= 4 is 28.8 Å². The van der Waals surface area contributed by atoms with Gasteiger partial charge in [0, 0.05) is 17.5 Å². The summed E-state index contributed by atoms with van der Waals surface area (Å²) in [5.41, 5.74) is 1.69. The summed E-state index contributed by atoms with van der Waals surface area (Å²) in [6, 6.07) is 7.57. The fourth-order valence-electron chi connectivity index (χ4n) is 1.57. The van der Waals surface area contributed by atoms with E-state index in [4.69, 9.17) is 11.6 Å². The maximum absolute atomic E-state index is 11.5. The van der Waals surface area contributed by atoms with Gasteiger partial charge in [-0.1, -0.05) is 29.8 Å². The molecule has 0 fully saturated rings. The molecule has 2 aromatic rings. The van der Waals surface area contributed by atoms with Gasteiger partial charge < -0.3 is 5.32 Å². The Morgan fingerprint density at radius 3 is 2.94 bits per heavy atom. The number of nitrogens with zero attached hydrogens (tertiary/aromatic N) is 1. The van der Waals surface area contributed by atoms with E-state index in [0.717, 1.165) is 16.3 Å². The fourth-order valence-corrected chi connectivity index (χ4v) is 2.71. The smallest absolute Gasteiger partial charge is 0.226 e. The molecule has 1 N–H and O–H groups in total. The van der Waals surface area contributed by atoms with Crippen molar-refractivity contribution in [2.24, 2.45) is 0 Å². The molecule has 0 spiro atoms. The fraction of sp³-hybridized carbons (Fsp3) is 0.231. The topological polar surface area (TPSA) is 42.0 Å². The van der Waals surface area contributed by atoms with Crippen LogP contribution in [-0.4, -0.2) is 17.4 Å². The highest BCUT2D eigenvalue weighted by Crippen LogP contribution is 2.30. The van der Waals surface area contributed by atoms with Gasteiger partial charge in [0.1, 0.15) is 5.01 Å². The summed E-state index contributed by atoms with van der Waals surface area (Å²) in [7, 11) is 0. The van der Waals surface area contributed by atoms with Crippen LogP contribution in [0.5, 0.6) is 0 Å². The number of carbonyl (C=O) groups is 1. The van der Waals surface area contributed by atoms with E-state index >= 15 is 0 Å². The van der Waals surface area contributed by atoms with Gasteiger partial charge in [0.15, 0.2) is 0 Å². The van der Waals surface area contributed by atoms with Gasteiger partial charge in [0.05, 0.1) is 17.1 Å². The molecule has 94 valence electrons. The highest BCUT2D eigenvalue weighted by atomic mass is 35.5. The van der Waals surface area contributed by atoms with E-state index in [-0.39, 0.29) is 5.91 Å². The predicted octanol–water partition coefficient (Wildman–Crippen LogP) is 3.14. The molecule has 0 aliphatic carbocycles. The van der Waals surface area contributed by atoms with Gasteiger partial charge in [-0.05, 0) is 13.0 Å². The van der Waals surface area contributed by atoms with Crippen LogP contribution in [-0.2, 0) is 11.2 Å². The summed E-state index contributed by atoms with van der Waals surface area (Å²) in [6.07, 6.45) is 0.314. The molecular formula is C13H13ClN2OS. The quantitative estimate of drug-likeness (QED) is 0.935. The molecule has 0 saturated heterocycles. The van der Waals surface area contributed by atoms with Gasteiger partial charge in [-0.15, -0.1) is 11.3 Å². The Hall–Kier alpha value is -1.39. The molecular weight excluding hydrogens is 268 g/mol. The monoisotopic (exact) mass is 280 g/mol. The van der Waals surface area contributed by atoms with Gasteiger partial charge in [-0.25, -0.2) is 4.98 Å².